The molecule has 0 aliphatic carbocycles. The van der Waals surface area contributed by atoms with E-state index in [0.29, 0.717) is 30.8 Å². The summed E-state index contributed by atoms with van der Waals surface area (Å²) in [5.74, 6) is 0.962. The second-order valence-electron chi connectivity index (χ2n) is 7.51. The smallest absolute Gasteiger partial charge is 0.234 e. The number of piperazine rings is 1. The molecule has 2 saturated heterocycles. The fourth-order valence-electron chi connectivity index (χ4n) is 4.13. The van der Waals surface area contributed by atoms with E-state index in [4.69, 9.17) is 10.00 Å². The van der Waals surface area contributed by atoms with Crippen molar-refractivity contribution >= 4 is 5.91 Å². The average molecular weight is 370 g/mol. The molecule has 0 aromatic heterocycles. The SMILES string of the molecule is CCCCNC(=O)CN1CC2CCC(C1)N2CCOc1ccc(C#N)cc1. The number of rotatable bonds is 9. The Hall–Kier alpha value is -2.10. The van der Waals surface area contributed by atoms with Gasteiger partial charge < -0.3 is 10.1 Å². The van der Waals surface area contributed by atoms with E-state index in [-0.39, 0.29) is 5.91 Å². The first-order valence-corrected chi connectivity index (χ1v) is 10.1. The second kappa shape index (κ2) is 9.72. The van der Waals surface area contributed by atoms with Crippen LogP contribution in [-0.4, -0.2) is 67.1 Å². The average Bonchev–Trinajstić information content (AvgIpc) is 2.91. The van der Waals surface area contributed by atoms with Gasteiger partial charge in [0.05, 0.1) is 18.2 Å². The molecule has 2 atom stereocenters. The lowest BCUT2D eigenvalue weighted by Gasteiger charge is -2.40. The van der Waals surface area contributed by atoms with Crippen LogP contribution in [0.25, 0.3) is 0 Å². The van der Waals surface area contributed by atoms with Crippen molar-refractivity contribution in [3.63, 3.8) is 0 Å². The highest BCUT2D eigenvalue weighted by Crippen LogP contribution is 2.29. The first-order chi connectivity index (χ1) is 13.2. The molecule has 3 rings (SSSR count). The number of amides is 1. The maximum Gasteiger partial charge on any atom is 0.234 e. The maximum atomic E-state index is 12.1. The van der Waals surface area contributed by atoms with Gasteiger partial charge in [0, 0.05) is 38.3 Å². The van der Waals surface area contributed by atoms with Crippen molar-refractivity contribution in [1.29, 1.82) is 5.26 Å². The number of nitriles is 1. The summed E-state index contributed by atoms with van der Waals surface area (Å²) in [6.07, 6.45) is 4.56. The Morgan fingerprint density at radius 2 is 1.96 bits per heavy atom. The molecule has 6 heteroatoms. The molecule has 0 spiro atoms. The zero-order valence-corrected chi connectivity index (χ0v) is 16.2. The van der Waals surface area contributed by atoms with Crippen molar-refractivity contribution in [2.45, 2.75) is 44.7 Å². The van der Waals surface area contributed by atoms with Gasteiger partial charge in [0.2, 0.25) is 5.91 Å². The van der Waals surface area contributed by atoms with Crippen molar-refractivity contribution in [3.8, 4) is 11.8 Å². The molecule has 0 radical (unpaired) electrons. The summed E-state index contributed by atoms with van der Waals surface area (Å²) in [6, 6.07) is 10.4. The van der Waals surface area contributed by atoms with Crippen LogP contribution in [0.4, 0.5) is 0 Å². The molecule has 6 nitrogen and oxygen atoms in total. The molecule has 2 fully saturated rings. The number of benzene rings is 1. The van der Waals surface area contributed by atoms with E-state index in [2.05, 4.69) is 28.1 Å². The molecule has 27 heavy (non-hydrogen) atoms. The molecular weight excluding hydrogens is 340 g/mol. The highest BCUT2D eigenvalue weighted by Gasteiger charge is 2.39. The van der Waals surface area contributed by atoms with E-state index in [1.807, 2.05) is 12.1 Å². The number of carbonyl (C=O) groups is 1. The lowest BCUT2D eigenvalue weighted by Crippen LogP contribution is -2.56. The number of hydrogen-bond acceptors (Lipinski definition) is 5. The topological polar surface area (TPSA) is 68.6 Å². The monoisotopic (exact) mass is 370 g/mol. The third-order valence-corrected chi connectivity index (χ3v) is 5.53. The van der Waals surface area contributed by atoms with Gasteiger partial charge in [-0.15, -0.1) is 0 Å². The third kappa shape index (κ3) is 5.44. The zero-order valence-electron chi connectivity index (χ0n) is 16.2. The van der Waals surface area contributed by atoms with Gasteiger partial charge in [-0.2, -0.15) is 5.26 Å². The van der Waals surface area contributed by atoms with Crippen molar-refractivity contribution < 1.29 is 9.53 Å². The number of fused-ring (bicyclic) bond motifs is 2. The van der Waals surface area contributed by atoms with Gasteiger partial charge in [0.15, 0.2) is 0 Å². The van der Waals surface area contributed by atoms with Crippen LogP contribution in [-0.2, 0) is 4.79 Å². The number of ether oxygens (including phenoxy) is 1. The van der Waals surface area contributed by atoms with E-state index in [1.54, 1.807) is 12.1 Å². The lowest BCUT2D eigenvalue weighted by molar-refractivity contribution is -0.123. The zero-order chi connectivity index (χ0) is 19.1. The minimum Gasteiger partial charge on any atom is -0.492 e. The van der Waals surface area contributed by atoms with Gasteiger partial charge in [-0.1, -0.05) is 13.3 Å². The molecule has 2 heterocycles. The van der Waals surface area contributed by atoms with Crippen LogP contribution in [0.3, 0.4) is 0 Å². The van der Waals surface area contributed by atoms with E-state index in [0.717, 1.165) is 44.8 Å². The van der Waals surface area contributed by atoms with Crippen molar-refractivity contribution in [2.75, 3.05) is 39.3 Å². The summed E-state index contributed by atoms with van der Waals surface area (Å²) in [6.45, 7) is 6.93. The normalized spacial score (nSPS) is 22.4. The van der Waals surface area contributed by atoms with Crippen LogP contribution in [0.5, 0.6) is 5.75 Å². The van der Waals surface area contributed by atoms with Crippen LogP contribution in [0.1, 0.15) is 38.2 Å². The van der Waals surface area contributed by atoms with Crippen molar-refractivity contribution in [3.05, 3.63) is 29.8 Å². The largest absolute Gasteiger partial charge is 0.492 e. The van der Waals surface area contributed by atoms with E-state index in [9.17, 15) is 4.79 Å². The molecule has 146 valence electrons. The molecule has 1 amide bonds. The Morgan fingerprint density at radius 1 is 1.26 bits per heavy atom. The summed E-state index contributed by atoms with van der Waals surface area (Å²) in [4.78, 5) is 16.9. The highest BCUT2D eigenvalue weighted by molar-refractivity contribution is 5.78. The van der Waals surface area contributed by atoms with Gasteiger partial charge in [-0.25, -0.2) is 0 Å². The summed E-state index contributed by atoms with van der Waals surface area (Å²) in [5, 5.41) is 11.9. The van der Waals surface area contributed by atoms with Crippen LogP contribution in [0, 0.1) is 11.3 Å². The van der Waals surface area contributed by atoms with E-state index in [1.165, 1.54) is 12.8 Å². The number of nitrogens with one attached hydrogen (secondary N) is 1. The Balaban J connectivity index is 1.41. The second-order valence-corrected chi connectivity index (χ2v) is 7.51. The molecular formula is C21H30N4O2. The minimum absolute atomic E-state index is 0.153. The van der Waals surface area contributed by atoms with E-state index >= 15 is 0 Å². The number of likely N-dealkylation sites (tertiary alicyclic amines) is 1. The first kappa shape index (κ1) is 19.7. The minimum atomic E-state index is 0.153. The first-order valence-electron chi connectivity index (χ1n) is 10.1. The summed E-state index contributed by atoms with van der Waals surface area (Å²) in [7, 11) is 0. The summed E-state index contributed by atoms with van der Waals surface area (Å²) >= 11 is 0. The molecule has 2 aliphatic heterocycles. The number of hydrogen-bond donors (Lipinski definition) is 1. The Kier molecular flexibility index (Phi) is 7.08. The number of unbranched alkanes of at least 4 members (excludes halogenated alkanes) is 1. The van der Waals surface area contributed by atoms with Gasteiger partial charge >= 0.3 is 0 Å². The fraction of sp³-hybridized carbons (Fsp3) is 0.619. The van der Waals surface area contributed by atoms with Gasteiger partial charge in [0.1, 0.15) is 12.4 Å². The van der Waals surface area contributed by atoms with Crippen LogP contribution < -0.4 is 10.1 Å². The standard InChI is InChI=1S/C21H30N4O2/c1-2-3-10-23-21(26)16-24-14-18-6-7-19(15-24)25(18)11-12-27-20-8-4-17(13-22)5-9-20/h4-5,8-9,18-19H,2-3,6-7,10-12,14-16H2,1H3,(H,23,26). The number of nitrogens with zero attached hydrogens (tertiary/aromatic N) is 3. The Labute approximate surface area is 162 Å². The predicted octanol–water partition coefficient (Wildman–Crippen LogP) is 2.00. The van der Waals surface area contributed by atoms with Crippen LogP contribution in [0.2, 0.25) is 0 Å². The van der Waals surface area contributed by atoms with Crippen LogP contribution >= 0.6 is 0 Å². The van der Waals surface area contributed by atoms with E-state index < -0.39 is 0 Å². The van der Waals surface area contributed by atoms with Crippen molar-refractivity contribution in [1.82, 2.24) is 15.1 Å². The van der Waals surface area contributed by atoms with Gasteiger partial charge in [0.25, 0.3) is 0 Å². The predicted molar refractivity (Wildman–Crippen MR) is 105 cm³/mol. The summed E-state index contributed by atoms with van der Waals surface area (Å²) < 4.78 is 5.85. The summed E-state index contributed by atoms with van der Waals surface area (Å²) in [5.41, 5.74) is 0.648. The Morgan fingerprint density at radius 3 is 2.59 bits per heavy atom. The quantitative estimate of drug-likeness (QED) is 0.674. The third-order valence-electron chi connectivity index (χ3n) is 5.53. The molecule has 1 aromatic rings. The van der Waals surface area contributed by atoms with Gasteiger partial charge in [-0.05, 0) is 43.5 Å². The molecule has 2 bridgehead atoms. The molecule has 1 N–H and O–H groups in total. The number of carbonyl (C=O) groups excluding carboxylic acids is 1. The fourth-order valence-corrected chi connectivity index (χ4v) is 4.13. The maximum absolute atomic E-state index is 12.1. The van der Waals surface area contributed by atoms with Crippen LogP contribution in [0.15, 0.2) is 24.3 Å². The van der Waals surface area contributed by atoms with Gasteiger partial charge in [-0.3, -0.25) is 14.6 Å². The highest BCUT2D eigenvalue weighted by atomic mass is 16.5. The Bertz CT molecular complexity index is 641. The molecule has 0 saturated carbocycles. The van der Waals surface area contributed by atoms with Crippen molar-refractivity contribution in [2.24, 2.45) is 0 Å². The molecule has 2 aliphatic rings. The lowest BCUT2D eigenvalue weighted by atomic mass is 10.2. The molecule has 2 unspecified atom stereocenters. The molecule has 1 aromatic carbocycles.